The van der Waals surface area contributed by atoms with Crippen LogP contribution in [0.2, 0.25) is 0 Å². The lowest BCUT2D eigenvalue weighted by molar-refractivity contribution is 0.0948. The zero-order valence-corrected chi connectivity index (χ0v) is 9.84. The number of nitrogens with zero attached hydrogens (tertiary/aromatic N) is 2. The highest BCUT2D eigenvalue weighted by Gasteiger charge is 2.17. The van der Waals surface area contributed by atoms with E-state index >= 15 is 0 Å². The Morgan fingerprint density at radius 2 is 2.12 bits per heavy atom. The van der Waals surface area contributed by atoms with Crippen LogP contribution in [0.3, 0.4) is 0 Å². The smallest absolute Gasteiger partial charge is 0.263 e. The Morgan fingerprint density at radius 3 is 2.75 bits per heavy atom. The normalized spacial score (nSPS) is 10.9. The van der Waals surface area contributed by atoms with Gasteiger partial charge in [0.05, 0.1) is 5.69 Å². The molecule has 0 unspecified atom stereocenters. The summed E-state index contributed by atoms with van der Waals surface area (Å²) in [6.07, 6.45) is 3.15. The molecule has 2 aromatic heterocycles. The van der Waals surface area contributed by atoms with Crippen LogP contribution in [0.1, 0.15) is 23.5 Å². The van der Waals surface area contributed by atoms with Crippen molar-refractivity contribution >= 4 is 33.3 Å². The Kier molecular flexibility index (Phi) is 2.74. The molecule has 0 saturated carbocycles. The first-order valence-corrected chi connectivity index (χ1v) is 5.71. The van der Waals surface area contributed by atoms with Gasteiger partial charge in [-0.05, 0) is 13.8 Å². The van der Waals surface area contributed by atoms with E-state index in [1.807, 2.05) is 13.8 Å². The first kappa shape index (κ1) is 10.8. The van der Waals surface area contributed by atoms with Crippen LogP contribution in [0.4, 0.5) is 5.69 Å². The fourth-order valence-electron chi connectivity index (χ4n) is 1.34. The number of nitrogen functional groups attached to an aromatic ring is 1. The second kappa shape index (κ2) is 4.05. The highest BCUT2D eigenvalue weighted by molar-refractivity contribution is 7.21. The number of nitrogens with one attached hydrogen (secondary N) is 1. The van der Waals surface area contributed by atoms with Gasteiger partial charge < -0.3 is 11.1 Å². The van der Waals surface area contributed by atoms with Crippen LogP contribution in [0.5, 0.6) is 0 Å². The lowest BCUT2D eigenvalue weighted by atomic mass is 10.3. The van der Waals surface area contributed by atoms with Gasteiger partial charge in [-0.15, -0.1) is 11.3 Å². The molecule has 0 saturated heterocycles. The van der Waals surface area contributed by atoms with Crippen molar-refractivity contribution in [3.63, 3.8) is 0 Å². The minimum Gasteiger partial charge on any atom is -0.396 e. The van der Waals surface area contributed by atoms with Gasteiger partial charge in [0.15, 0.2) is 0 Å². The molecule has 2 heterocycles. The lowest BCUT2D eigenvalue weighted by Gasteiger charge is -2.06. The van der Waals surface area contributed by atoms with Gasteiger partial charge in [-0.2, -0.15) is 0 Å². The number of hydrogen-bond donors (Lipinski definition) is 2. The van der Waals surface area contributed by atoms with E-state index in [2.05, 4.69) is 15.3 Å². The second-order valence-corrected chi connectivity index (χ2v) is 4.68. The van der Waals surface area contributed by atoms with Gasteiger partial charge in [0.1, 0.15) is 15.2 Å². The summed E-state index contributed by atoms with van der Waals surface area (Å²) in [6.45, 7) is 3.80. The number of rotatable bonds is 2. The molecule has 2 aromatic rings. The van der Waals surface area contributed by atoms with E-state index in [4.69, 9.17) is 5.73 Å². The van der Waals surface area contributed by atoms with E-state index in [-0.39, 0.29) is 11.9 Å². The summed E-state index contributed by atoms with van der Waals surface area (Å²) in [5.74, 6) is -0.169. The molecule has 0 radical (unpaired) electrons. The summed E-state index contributed by atoms with van der Waals surface area (Å²) in [7, 11) is 0. The zero-order valence-electron chi connectivity index (χ0n) is 9.02. The first-order valence-electron chi connectivity index (χ1n) is 4.89. The van der Waals surface area contributed by atoms with Crippen molar-refractivity contribution in [2.75, 3.05) is 5.73 Å². The maximum Gasteiger partial charge on any atom is 0.263 e. The topological polar surface area (TPSA) is 80.9 Å². The van der Waals surface area contributed by atoms with Gasteiger partial charge in [0.25, 0.3) is 5.91 Å². The molecule has 0 spiro atoms. The van der Waals surface area contributed by atoms with Gasteiger partial charge in [0, 0.05) is 18.4 Å². The maximum absolute atomic E-state index is 11.8. The van der Waals surface area contributed by atoms with Gasteiger partial charge in [-0.25, -0.2) is 9.97 Å². The molecule has 1 amide bonds. The fourth-order valence-corrected chi connectivity index (χ4v) is 2.26. The Balaban J connectivity index is 2.45. The molecule has 0 aliphatic rings. The monoisotopic (exact) mass is 236 g/mol. The molecule has 0 aliphatic heterocycles. The zero-order chi connectivity index (χ0) is 11.7. The Bertz CT molecular complexity index is 535. The molecular formula is C10H12N4OS. The van der Waals surface area contributed by atoms with Crippen LogP contribution in [0.25, 0.3) is 10.3 Å². The third-order valence-electron chi connectivity index (χ3n) is 1.99. The third kappa shape index (κ3) is 1.83. The van der Waals surface area contributed by atoms with Crippen LogP contribution < -0.4 is 11.1 Å². The summed E-state index contributed by atoms with van der Waals surface area (Å²) in [6, 6.07) is 0.0815. The maximum atomic E-state index is 11.8. The van der Waals surface area contributed by atoms with Crippen molar-refractivity contribution in [1.82, 2.24) is 15.3 Å². The molecule has 2 rings (SSSR count). The van der Waals surface area contributed by atoms with Crippen molar-refractivity contribution in [3.8, 4) is 0 Å². The molecule has 16 heavy (non-hydrogen) atoms. The molecule has 0 atom stereocenters. The average Bonchev–Trinajstić information content (AvgIpc) is 2.56. The molecule has 5 nitrogen and oxygen atoms in total. The molecule has 6 heteroatoms. The molecule has 0 bridgehead atoms. The van der Waals surface area contributed by atoms with Crippen molar-refractivity contribution in [3.05, 3.63) is 17.3 Å². The highest BCUT2D eigenvalue weighted by Crippen LogP contribution is 2.30. The fraction of sp³-hybridized carbons (Fsp3) is 0.300. The molecule has 3 N–H and O–H groups in total. The number of aromatic nitrogens is 2. The molecule has 84 valence electrons. The standard InChI is InChI=1S/C10H12N4OS/c1-5(2)14-9(15)8-6(11)7-10(16-8)13-4-3-12-7/h3-5H,11H2,1-2H3,(H,14,15). The summed E-state index contributed by atoms with van der Waals surface area (Å²) < 4.78 is 0. The molecule has 0 aromatic carbocycles. The van der Waals surface area contributed by atoms with Crippen LogP contribution >= 0.6 is 11.3 Å². The van der Waals surface area contributed by atoms with E-state index in [9.17, 15) is 4.79 Å². The summed E-state index contributed by atoms with van der Waals surface area (Å²) >= 11 is 1.26. The number of amides is 1. The van der Waals surface area contributed by atoms with Crippen LogP contribution in [0, 0.1) is 0 Å². The Labute approximate surface area is 96.7 Å². The predicted molar refractivity (Wildman–Crippen MR) is 64.4 cm³/mol. The molecule has 0 aliphatic carbocycles. The number of thiophene rings is 1. The van der Waals surface area contributed by atoms with E-state index in [1.54, 1.807) is 12.4 Å². The van der Waals surface area contributed by atoms with Crippen LogP contribution in [-0.4, -0.2) is 21.9 Å². The molecular weight excluding hydrogens is 224 g/mol. The number of nitrogens with two attached hydrogens (primary N) is 1. The quantitative estimate of drug-likeness (QED) is 0.826. The average molecular weight is 236 g/mol. The van der Waals surface area contributed by atoms with E-state index in [0.29, 0.717) is 20.9 Å². The van der Waals surface area contributed by atoms with Crippen molar-refractivity contribution in [2.24, 2.45) is 0 Å². The van der Waals surface area contributed by atoms with Gasteiger partial charge >= 0.3 is 0 Å². The summed E-state index contributed by atoms with van der Waals surface area (Å²) in [4.78, 5) is 21.2. The Morgan fingerprint density at radius 1 is 1.44 bits per heavy atom. The van der Waals surface area contributed by atoms with Gasteiger partial charge in [0.2, 0.25) is 0 Å². The summed E-state index contributed by atoms with van der Waals surface area (Å²) in [5.41, 5.74) is 6.87. The van der Waals surface area contributed by atoms with Crippen molar-refractivity contribution < 1.29 is 4.79 Å². The predicted octanol–water partition coefficient (Wildman–Crippen LogP) is 1.41. The number of anilines is 1. The number of hydrogen-bond acceptors (Lipinski definition) is 5. The van der Waals surface area contributed by atoms with Crippen molar-refractivity contribution in [1.29, 1.82) is 0 Å². The minimum atomic E-state index is -0.169. The minimum absolute atomic E-state index is 0.0815. The number of carbonyl (C=O) groups excluding carboxylic acids is 1. The van der Waals surface area contributed by atoms with Crippen LogP contribution in [-0.2, 0) is 0 Å². The van der Waals surface area contributed by atoms with Gasteiger partial charge in [-0.1, -0.05) is 0 Å². The highest BCUT2D eigenvalue weighted by atomic mass is 32.1. The van der Waals surface area contributed by atoms with Gasteiger partial charge in [-0.3, -0.25) is 4.79 Å². The summed E-state index contributed by atoms with van der Waals surface area (Å²) in [5, 5.41) is 2.80. The largest absolute Gasteiger partial charge is 0.396 e. The van der Waals surface area contributed by atoms with E-state index in [0.717, 1.165) is 0 Å². The SMILES string of the molecule is CC(C)NC(=O)c1sc2nccnc2c1N. The third-order valence-corrected chi connectivity index (χ3v) is 3.09. The number of carbonyl (C=O) groups is 1. The van der Waals surface area contributed by atoms with Crippen LogP contribution in [0.15, 0.2) is 12.4 Å². The van der Waals surface area contributed by atoms with Crippen molar-refractivity contribution in [2.45, 2.75) is 19.9 Å². The molecule has 0 fully saturated rings. The Hall–Kier alpha value is -1.69. The first-order chi connectivity index (χ1) is 7.59. The second-order valence-electron chi connectivity index (χ2n) is 3.68. The van der Waals surface area contributed by atoms with E-state index < -0.39 is 0 Å². The lowest BCUT2D eigenvalue weighted by Crippen LogP contribution is -2.29. The van der Waals surface area contributed by atoms with E-state index in [1.165, 1.54) is 11.3 Å². The number of fused-ring (bicyclic) bond motifs is 1.